The van der Waals surface area contributed by atoms with Crippen LogP contribution in [-0.2, 0) is 4.74 Å². The molecule has 1 aromatic rings. The highest BCUT2D eigenvalue weighted by Crippen LogP contribution is 2.08. The van der Waals surface area contributed by atoms with Gasteiger partial charge < -0.3 is 9.47 Å². The Morgan fingerprint density at radius 1 is 1.27 bits per heavy atom. The van der Waals surface area contributed by atoms with Gasteiger partial charge >= 0.3 is 0 Å². The molecule has 0 unspecified atom stereocenters. The first-order valence-corrected chi connectivity index (χ1v) is 4.72. The van der Waals surface area contributed by atoms with Crippen molar-refractivity contribution in [3.05, 3.63) is 18.3 Å². The van der Waals surface area contributed by atoms with E-state index < -0.39 is 5.95 Å². The molecule has 84 valence electrons. The number of halogens is 1. The number of hydrogen-bond acceptors (Lipinski definition) is 4. The van der Waals surface area contributed by atoms with Crippen molar-refractivity contribution in [1.82, 2.24) is 9.97 Å². The highest BCUT2D eigenvalue weighted by Gasteiger charge is 2.09. The minimum Gasteiger partial charge on any atom is -0.475 e. The lowest BCUT2D eigenvalue weighted by molar-refractivity contribution is -0.0168. The molecule has 0 saturated carbocycles. The third-order valence-corrected chi connectivity index (χ3v) is 1.48. The summed E-state index contributed by atoms with van der Waals surface area (Å²) < 4.78 is 23.2. The van der Waals surface area contributed by atoms with Crippen molar-refractivity contribution in [2.24, 2.45) is 0 Å². The van der Waals surface area contributed by atoms with Crippen molar-refractivity contribution >= 4 is 0 Å². The Bertz CT molecular complexity index is 313. The van der Waals surface area contributed by atoms with Crippen LogP contribution >= 0.6 is 0 Å². The van der Waals surface area contributed by atoms with E-state index in [1.165, 1.54) is 0 Å². The first kappa shape index (κ1) is 11.8. The summed E-state index contributed by atoms with van der Waals surface area (Å²) in [5.41, 5.74) is -0.194. The van der Waals surface area contributed by atoms with Crippen molar-refractivity contribution in [2.75, 3.05) is 13.2 Å². The maximum atomic E-state index is 12.6. The fourth-order valence-corrected chi connectivity index (χ4v) is 0.890. The molecule has 1 aromatic heterocycles. The van der Waals surface area contributed by atoms with Crippen molar-refractivity contribution in [2.45, 2.75) is 26.4 Å². The van der Waals surface area contributed by atoms with Gasteiger partial charge in [-0.15, -0.1) is 0 Å². The van der Waals surface area contributed by atoms with E-state index in [0.717, 1.165) is 12.4 Å². The predicted molar refractivity (Wildman–Crippen MR) is 53.2 cm³/mol. The van der Waals surface area contributed by atoms with E-state index in [-0.39, 0.29) is 11.5 Å². The quantitative estimate of drug-likeness (QED) is 0.566. The zero-order valence-electron chi connectivity index (χ0n) is 9.16. The molecule has 0 bridgehead atoms. The fourth-order valence-electron chi connectivity index (χ4n) is 0.890. The molecule has 0 aliphatic rings. The monoisotopic (exact) mass is 214 g/mol. The number of hydrogen-bond donors (Lipinski definition) is 0. The van der Waals surface area contributed by atoms with Crippen LogP contribution in [0.3, 0.4) is 0 Å². The van der Waals surface area contributed by atoms with Gasteiger partial charge in [0.25, 0.3) is 0 Å². The summed E-state index contributed by atoms with van der Waals surface area (Å²) in [5, 5.41) is 0. The normalized spacial score (nSPS) is 11.5. The molecule has 4 nitrogen and oxygen atoms in total. The Hall–Kier alpha value is -1.23. The maximum Gasteiger partial charge on any atom is 0.219 e. The summed E-state index contributed by atoms with van der Waals surface area (Å²) in [6.45, 7) is 6.65. The van der Waals surface area contributed by atoms with Gasteiger partial charge in [0.15, 0.2) is 0 Å². The molecule has 0 atom stereocenters. The van der Waals surface area contributed by atoms with Crippen LogP contribution in [0.2, 0.25) is 0 Å². The van der Waals surface area contributed by atoms with Crippen LogP contribution < -0.4 is 4.74 Å². The average molecular weight is 214 g/mol. The van der Waals surface area contributed by atoms with Gasteiger partial charge in [-0.2, -0.15) is 4.39 Å². The Morgan fingerprint density at radius 3 is 2.60 bits per heavy atom. The lowest BCUT2D eigenvalue weighted by atomic mass is 10.2. The molecule has 0 amide bonds. The van der Waals surface area contributed by atoms with Gasteiger partial charge in [0.05, 0.1) is 18.3 Å². The molecule has 0 saturated heterocycles. The molecule has 0 aromatic carbocycles. The standard InChI is InChI=1S/C10H15FN2O2/c1-10(2,3)15-5-4-14-9-6-8(11)12-7-13-9/h6-7H,4-5H2,1-3H3. The lowest BCUT2D eigenvalue weighted by Crippen LogP contribution is -2.22. The van der Waals surface area contributed by atoms with Gasteiger partial charge in [0.1, 0.15) is 12.9 Å². The number of nitrogens with zero attached hydrogens (tertiary/aromatic N) is 2. The van der Waals surface area contributed by atoms with Crippen LogP contribution in [0.1, 0.15) is 20.8 Å². The van der Waals surface area contributed by atoms with Gasteiger partial charge in [-0.3, -0.25) is 0 Å². The molecule has 0 radical (unpaired) electrons. The topological polar surface area (TPSA) is 44.2 Å². The molecule has 1 heterocycles. The van der Waals surface area contributed by atoms with E-state index in [0.29, 0.717) is 13.2 Å². The maximum absolute atomic E-state index is 12.6. The number of rotatable bonds is 4. The van der Waals surface area contributed by atoms with Crippen LogP contribution in [0.5, 0.6) is 5.88 Å². The van der Waals surface area contributed by atoms with Gasteiger partial charge in [-0.05, 0) is 20.8 Å². The molecule has 15 heavy (non-hydrogen) atoms. The molecule has 1 rings (SSSR count). The zero-order valence-corrected chi connectivity index (χ0v) is 9.16. The summed E-state index contributed by atoms with van der Waals surface area (Å²) in [6.07, 6.45) is 1.12. The predicted octanol–water partition coefficient (Wildman–Crippen LogP) is 1.81. The number of aromatic nitrogens is 2. The zero-order chi connectivity index (χ0) is 11.3. The fraction of sp³-hybridized carbons (Fsp3) is 0.600. The van der Waals surface area contributed by atoms with Gasteiger partial charge in [-0.25, -0.2) is 9.97 Å². The smallest absolute Gasteiger partial charge is 0.219 e. The summed E-state index contributed by atoms with van der Waals surface area (Å²) in [7, 11) is 0. The Labute approximate surface area is 88.5 Å². The van der Waals surface area contributed by atoms with Crippen LogP contribution in [0.25, 0.3) is 0 Å². The number of ether oxygens (including phenoxy) is 2. The van der Waals surface area contributed by atoms with E-state index in [2.05, 4.69) is 9.97 Å². The summed E-state index contributed by atoms with van der Waals surface area (Å²) in [6, 6.07) is 1.14. The van der Waals surface area contributed by atoms with Crippen LogP contribution in [-0.4, -0.2) is 28.8 Å². The third-order valence-electron chi connectivity index (χ3n) is 1.48. The lowest BCUT2D eigenvalue weighted by Gasteiger charge is -2.19. The van der Waals surface area contributed by atoms with Crippen molar-refractivity contribution < 1.29 is 13.9 Å². The Balaban J connectivity index is 2.26. The van der Waals surface area contributed by atoms with E-state index in [9.17, 15) is 4.39 Å². The largest absolute Gasteiger partial charge is 0.475 e. The first-order valence-electron chi connectivity index (χ1n) is 4.72. The van der Waals surface area contributed by atoms with Crippen molar-refractivity contribution in [3.8, 4) is 5.88 Å². The molecule has 0 fully saturated rings. The molecule has 0 spiro atoms. The molecular weight excluding hydrogens is 199 g/mol. The van der Waals surface area contributed by atoms with Crippen LogP contribution in [0.15, 0.2) is 12.4 Å². The SMILES string of the molecule is CC(C)(C)OCCOc1cc(F)ncn1. The van der Waals surface area contributed by atoms with Crippen LogP contribution in [0, 0.1) is 5.95 Å². The third kappa shape index (κ3) is 5.27. The average Bonchev–Trinajstić information content (AvgIpc) is 2.11. The highest BCUT2D eigenvalue weighted by atomic mass is 19.1. The minimum absolute atomic E-state index is 0.194. The van der Waals surface area contributed by atoms with Crippen molar-refractivity contribution in [1.29, 1.82) is 0 Å². The summed E-state index contributed by atoms with van der Waals surface area (Å²) >= 11 is 0. The molecule has 5 heteroatoms. The Kier molecular flexibility index (Phi) is 3.96. The molecule has 0 N–H and O–H groups in total. The first-order chi connectivity index (χ1) is 6.97. The van der Waals surface area contributed by atoms with Gasteiger partial charge in [0.2, 0.25) is 11.8 Å². The second-order valence-electron chi connectivity index (χ2n) is 3.99. The van der Waals surface area contributed by atoms with E-state index in [1.807, 2.05) is 20.8 Å². The highest BCUT2D eigenvalue weighted by molar-refractivity contribution is 5.05. The second kappa shape index (κ2) is 5.02. The van der Waals surface area contributed by atoms with E-state index in [4.69, 9.17) is 9.47 Å². The van der Waals surface area contributed by atoms with Gasteiger partial charge in [0, 0.05) is 0 Å². The van der Waals surface area contributed by atoms with Crippen molar-refractivity contribution in [3.63, 3.8) is 0 Å². The summed E-state index contributed by atoms with van der Waals surface area (Å²) in [5.74, 6) is -0.378. The Morgan fingerprint density at radius 2 is 2.00 bits per heavy atom. The second-order valence-corrected chi connectivity index (χ2v) is 3.99. The molecule has 0 aliphatic heterocycles. The molecule has 0 aliphatic carbocycles. The minimum atomic E-state index is -0.600. The molecular formula is C10H15FN2O2. The van der Waals surface area contributed by atoms with E-state index in [1.54, 1.807) is 0 Å². The van der Waals surface area contributed by atoms with Crippen LogP contribution in [0.4, 0.5) is 4.39 Å². The van der Waals surface area contributed by atoms with E-state index >= 15 is 0 Å². The van der Waals surface area contributed by atoms with Gasteiger partial charge in [-0.1, -0.05) is 0 Å². The summed E-state index contributed by atoms with van der Waals surface area (Å²) in [4.78, 5) is 7.06.